The van der Waals surface area contributed by atoms with Gasteiger partial charge in [-0.3, -0.25) is 4.79 Å². The Morgan fingerprint density at radius 3 is 2.48 bits per heavy atom. The van der Waals surface area contributed by atoms with Gasteiger partial charge in [0.05, 0.1) is 13.0 Å². The third kappa shape index (κ3) is 3.59. The second-order valence-corrected chi connectivity index (χ2v) is 6.45. The van der Waals surface area contributed by atoms with Crippen molar-refractivity contribution in [1.82, 2.24) is 4.90 Å². The van der Waals surface area contributed by atoms with E-state index in [9.17, 15) is 22.4 Å². The predicted molar refractivity (Wildman–Crippen MR) is 76.8 cm³/mol. The van der Waals surface area contributed by atoms with Crippen molar-refractivity contribution in [1.29, 1.82) is 0 Å². The summed E-state index contributed by atoms with van der Waals surface area (Å²) in [6.07, 6.45) is -4.44. The number of ether oxygens (including phenoxy) is 1. The SMILES string of the molecule is COc1ccc(C(=O)N2CC[C@@H](C(F)(F)F)C(C)(C)C2)cc1F. The number of rotatable bonds is 2. The third-order valence-electron chi connectivity index (χ3n) is 4.31. The molecule has 128 valence electrons. The molecular weight excluding hydrogens is 314 g/mol. The van der Waals surface area contributed by atoms with Crippen LogP contribution >= 0.6 is 0 Å². The number of hydrogen-bond donors (Lipinski definition) is 0. The Bertz CT molecular complexity index is 598. The molecule has 0 radical (unpaired) electrons. The number of benzene rings is 1. The van der Waals surface area contributed by atoms with Crippen LogP contribution in [0.3, 0.4) is 0 Å². The van der Waals surface area contributed by atoms with E-state index in [0.29, 0.717) is 0 Å². The normalized spacial score (nSPS) is 21.2. The lowest BCUT2D eigenvalue weighted by Gasteiger charge is -2.44. The summed E-state index contributed by atoms with van der Waals surface area (Å²) in [5.41, 5.74) is -0.985. The Hall–Kier alpha value is -1.79. The number of likely N-dealkylation sites (tertiary alicyclic amines) is 1. The fourth-order valence-corrected chi connectivity index (χ4v) is 3.12. The minimum atomic E-state index is -4.29. The summed E-state index contributed by atoms with van der Waals surface area (Å²) in [6.45, 7) is 2.97. The van der Waals surface area contributed by atoms with Gasteiger partial charge < -0.3 is 9.64 Å². The average molecular weight is 333 g/mol. The molecule has 1 atom stereocenters. The van der Waals surface area contributed by atoms with Crippen LogP contribution in [0.15, 0.2) is 18.2 Å². The highest BCUT2D eigenvalue weighted by atomic mass is 19.4. The molecule has 0 spiro atoms. The first-order valence-corrected chi connectivity index (χ1v) is 7.26. The Morgan fingerprint density at radius 1 is 1.35 bits per heavy atom. The molecule has 0 bridgehead atoms. The molecule has 7 heteroatoms. The number of alkyl halides is 3. The maximum absolute atomic E-state index is 13.7. The van der Waals surface area contributed by atoms with Gasteiger partial charge in [0.2, 0.25) is 0 Å². The summed E-state index contributed by atoms with van der Waals surface area (Å²) >= 11 is 0. The molecule has 2 rings (SSSR count). The van der Waals surface area contributed by atoms with E-state index in [1.54, 1.807) is 0 Å². The molecule has 1 fully saturated rings. The average Bonchev–Trinajstić information content (AvgIpc) is 2.43. The molecule has 1 aliphatic heterocycles. The molecule has 1 saturated heterocycles. The van der Waals surface area contributed by atoms with E-state index in [4.69, 9.17) is 4.74 Å². The summed E-state index contributed by atoms with van der Waals surface area (Å²) in [7, 11) is 1.31. The largest absolute Gasteiger partial charge is 0.494 e. The van der Waals surface area contributed by atoms with Crippen molar-refractivity contribution in [2.45, 2.75) is 26.4 Å². The molecule has 23 heavy (non-hydrogen) atoms. The number of carbonyl (C=O) groups is 1. The molecule has 1 aromatic carbocycles. The molecule has 0 N–H and O–H groups in total. The number of nitrogens with zero attached hydrogens (tertiary/aromatic N) is 1. The Morgan fingerprint density at radius 2 is 2.00 bits per heavy atom. The van der Waals surface area contributed by atoms with E-state index in [2.05, 4.69) is 0 Å². The van der Waals surface area contributed by atoms with Crippen LogP contribution in [0.25, 0.3) is 0 Å². The smallest absolute Gasteiger partial charge is 0.392 e. The lowest BCUT2D eigenvalue weighted by Crippen LogP contribution is -2.52. The number of hydrogen-bond acceptors (Lipinski definition) is 2. The van der Waals surface area contributed by atoms with Gasteiger partial charge in [-0.25, -0.2) is 4.39 Å². The van der Waals surface area contributed by atoms with Gasteiger partial charge in [-0.1, -0.05) is 13.8 Å². The van der Waals surface area contributed by atoms with Gasteiger partial charge in [0.15, 0.2) is 11.6 Å². The first-order valence-electron chi connectivity index (χ1n) is 7.26. The Labute approximate surface area is 132 Å². The van der Waals surface area contributed by atoms with E-state index in [1.807, 2.05) is 0 Å². The number of methoxy groups -OCH3 is 1. The molecule has 0 unspecified atom stereocenters. The second kappa shape index (κ2) is 6.02. The lowest BCUT2D eigenvalue weighted by molar-refractivity contribution is -0.214. The van der Waals surface area contributed by atoms with Crippen molar-refractivity contribution < 1.29 is 27.1 Å². The third-order valence-corrected chi connectivity index (χ3v) is 4.31. The predicted octanol–water partition coefficient (Wildman–Crippen LogP) is 3.88. The fourth-order valence-electron chi connectivity index (χ4n) is 3.12. The fraction of sp³-hybridized carbons (Fsp3) is 0.562. The van der Waals surface area contributed by atoms with Crippen molar-refractivity contribution in [2.24, 2.45) is 11.3 Å². The molecule has 0 saturated carbocycles. The van der Waals surface area contributed by atoms with Gasteiger partial charge in [-0.15, -0.1) is 0 Å². The van der Waals surface area contributed by atoms with E-state index in [0.717, 1.165) is 6.07 Å². The van der Waals surface area contributed by atoms with E-state index < -0.39 is 29.2 Å². The van der Waals surface area contributed by atoms with Gasteiger partial charge in [-0.05, 0) is 30.0 Å². The Balaban J connectivity index is 2.18. The number of piperidine rings is 1. The summed E-state index contributed by atoms with van der Waals surface area (Å²) in [5.74, 6) is -2.59. The molecule has 0 aliphatic carbocycles. The van der Waals surface area contributed by atoms with Crippen molar-refractivity contribution in [3.63, 3.8) is 0 Å². The quantitative estimate of drug-likeness (QED) is 0.769. The van der Waals surface area contributed by atoms with E-state index in [-0.39, 0.29) is 30.8 Å². The Kier molecular flexibility index (Phi) is 4.59. The maximum Gasteiger partial charge on any atom is 0.392 e. The van der Waals surface area contributed by atoms with Crippen molar-refractivity contribution in [3.05, 3.63) is 29.6 Å². The monoisotopic (exact) mass is 333 g/mol. The van der Waals surface area contributed by atoms with Gasteiger partial charge in [-0.2, -0.15) is 13.2 Å². The van der Waals surface area contributed by atoms with Crippen LogP contribution in [0.2, 0.25) is 0 Å². The number of carbonyl (C=O) groups excluding carboxylic acids is 1. The van der Waals surface area contributed by atoms with Gasteiger partial charge in [0.1, 0.15) is 0 Å². The second-order valence-electron chi connectivity index (χ2n) is 6.45. The molecule has 1 amide bonds. The highest BCUT2D eigenvalue weighted by Crippen LogP contribution is 2.45. The number of halogens is 4. The van der Waals surface area contributed by atoms with Crippen LogP contribution in [0, 0.1) is 17.2 Å². The number of amides is 1. The van der Waals surface area contributed by atoms with Crippen LogP contribution in [0.5, 0.6) is 5.75 Å². The lowest BCUT2D eigenvalue weighted by atomic mass is 9.73. The summed E-state index contributed by atoms with van der Waals surface area (Å²) < 4.78 is 57.7. The van der Waals surface area contributed by atoms with Crippen molar-refractivity contribution in [3.8, 4) is 5.75 Å². The molecule has 1 aliphatic rings. The zero-order valence-corrected chi connectivity index (χ0v) is 13.2. The minimum Gasteiger partial charge on any atom is -0.494 e. The summed E-state index contributed by atoms with van der Waals surface area (Å²) in [6, 6.07) is 3.79. The minimum absolute atomic E-state index is 0.0000876. The first kappa shape index (κ1) is 17.6. The topological polar surface area (TPSA) is 29.5 Å². The van der Waals surface area contributed by atoms with Crippen LogP contribution in [0.4, 0.5) is 17.6 Å². The highest BCUT2D eigenvalue weighted by Gasteiger charge is 2.51. The zero-order chi connectivity index (χ0) is 17.4. The van der Waals surface area contributed by atoms with E-state index in [1.165, 1.54) is 38.0 Å². The highest BCUT2D eigenvalue weighted by molar-refractivity contribution is 5.94. The first-order chi connectivity index (χ1) is 10.6. The van der Waals surface area contributed by atoms with Gasteiger partial charge in [0.25, 0.3) is 5.91 Å². The van der Waals surface area contributed by atoms with Crippen molar-refractivity contribution >= 4 is 5.91 Å². The molecule has 0 aromatic heterocycles. The van der Waals surface area contributed by atoms with Crippen LogP contribution in [0.1, 0.15) is 30.6 Å². The van der Waals surface area contributed by atoms with Crippen LogP contribution in [-0.2, 0) is 0 Å². The van der Waals surface area contributed by atoms with Gasteiger partial charge in [0, 0.05) is 18.7 Å². The molecule has 3 nitrogen and oxygen atoms in total. The van der Waals surface area contributed by atoms with Crippen LogP contribution in [-0.4, -0.2) is 37.2 Å². The molecule has 1 aromatic rings. The summed E-state index contributed by atoms with van der Waals surface area (Å²) in [4.78, 5) is 13.8. The molecular formula is C16H19F4NO2. The van der Waals surface area contributed by atoms with Gasteiger partial charge >= 0.3 is 6.18 Å². The molecule has 1 heterocycles. The standard InChI is InChI=1S/C16H19F4NO2/c1-15(2)9-21(7-6-13(15)16(18,19)20)14(22)10-4-5-12(23-3)11(17)8-10/h4-5,8,13H,6-7,9H2,1-3H3/t13-/m1/s1. The summed E-state index contributed by atoms with van der Waals surface area (Å²) in [5, 5.41) is 0. The van der Waals surface area contributed by atoms with Crippen LogP contribution < -0.4 is 4.74 Å². The maximum atomic E-state index is 13.7. The zero-order valence-electron chi connectivity index (χ0n) is 13.2. The van der Waals surface area contributed by atoms with Crippen molar-refractivity contribution in [2.75, 3.05) is 20.2 Å². The van der Waals surface area contributed by atoms with E-state index >= 15 is 0 Å².